The number of hydrogen-bond acceptors (Lipinski definition) is 3. The third kappa shape index (κ3) is 4.00. The third-order valence-electron chi connectivity index (χ3n) is 4.58. The highest BCUT2D eigenvalue weighted by molar-refractivity contribution is 6.30. The first-order valence-electron chi connectivity index (χ1n) is 8.07. The molecule has 0 spiro atoms. The van der Waals surface area contributed by atoms with Crippen LogP contribution in [-0.4, -0.2) is 55.5 Å². The summed E-state index contributed by atoms with van der Waals surface area (Å²) < 4.78 is 0. The Balaban J connectivity index is 1.65. The molecule has 1 saturated heterocycles. The van der Waals surface area contributed by atoms with Crippen LogP contribution in [0.4, 0.5) is 0 Å². The molecule has 1 aromatic carbocycles. The van der Waals surface area contributed by atoms with Crippen LogP contribution in [-0.2, 0) is 4.79 Å². The SMILES string of the molecule is CN(CC1CC1)C(=O)CN1CCNCC1c1cccc(Cl)c1. The zero-order valence-corrected chi connectivity index (χ0v) is 13.9. The van der Waals surface area contributed by atoms with Gasteiger partial charge < -0.3 is 10.2 Å². The van der Waals surface area contributed by atoms with Crippen LogP contribution in [0.15, 0.2) is 24.3 Å². The average molecular weight is 322 g/mol. The second kappa shape index (κ2) is 6.99. The number of benzene rings is 1. The van der Waals surface area contributed by atoms with Crippen LogP contribution in [0.2, 0.25) is 5.02 Å². The largest absolute Gasteiger partial charge is 0.344 e. The van der Waals surface area contributed by atoms with Crippen LogP contribution in [0, 0.1) is 5.92 Å². The first-order valence-corrected chi connectivity index (χ1v) is 8.45. The molecule has 5 heteroatoms. The van der Waals surface area contributed by atoms with E-state index in [0.29, 0.717) is 6.54 Å². The topological polar surface area (TPSA) is 35.6 Å². The van der Waals surface area contributed by atoms with Crippen LogP contribution >= 0.6 is 11.6 Å². The second-order valence-electron chi connectivity index (χ2n) is 6.46. The molecule has 0 radical (unpaired) electrons. The summed E-state index contributed by atoms with van der Waals surface area (Å²) >= 11 is 6.12. The second-order valence-corrected chi connectivity index (χ2v) is 6.90. The number of likely N-dealkylation sites (N-methyl/N-ethyl adjacent to an activating group) is 1. The summed E-state index contributed by atoms with van der Waals surface area (Å²) in [7, 11) is 1.93. The molecule has 4 nitrogen and oxygen atoms in total. The Kier molecular flexibility index (Phi) is 5.01. The molecular formula is C17H24ClN3O. The number of nitrogens with zero attached hydrogens (tertiary/aromatic N) is 2. The van der Waals surface area contributed by atoms with Crippen molar-refractivity contribution < 1.29 is 4.79 Å². The van der Waals surface area contributed by atoms with E-state index in [1.807, 2.05) is 30.1 Å². The fourth-order valence-corrected chi connectivity index (χ4v) is 3.26. The Morgan fingerprint density at radius 2 is 2.27 bits per heavy atom. The number of carbonyl (C=O) groups is 1. The van der Waals surface area contributed by atoms with E-state index in [-0.39, 0.29) is 11.9 Å². The maximum Gasteiger partial charge on any atom is 0.236 e. The van der Waals surface area contributed by atoms with E-state index in [4.69, 9.17) is 11.6 Å². The van der Waals surface area contributed by atoms with Crippen molar-refractivity contribution in [2.45, 2.75) is 18.9 Å². The summed E-state index contributed by atoms with van der Waals surface area (Å²) in [6, 6.07) is 8.18. The van der Waals surface area contributed by atoms with E-state index in [1.165, 1.54) is 18.4 Å². The van der Waals surface area contributed by atoms with Gasteiger partial charge in [0.15, 0.2) is 0 Å². The number of hydrogen-bond donors (Lipinski definition) is 1. The number of carbonyl (C=O) groups excluding carboxylic acids is 1. The van der Waals surface area contributed by atoms with E-state index in [0.717, 1.165) is 37.1 Å². The fourth-order valence-electron chi connectivity index (χ4n) is 3.06. The zero-order valence-electron chi connectivity index (χ0n) is 13.1. The highest BCUT2D eigenvalue weighted by atomic mass is 35.5. The van der Waals surface area contributed by atoms with Gasteiger partial charge in [0.05, 0.1) is 6.54 Å². The van der Waals surface area contributed by atoms with E-state index >= 15 is 0 Å². The highest BCUT2D eigenvalue weighted by Gasteiger charge is 2.29. The first kappa shape index (κ1) is 15.8. The predicted molar refractivity (Wildman–Crippen MR) is 89.0 cm³/mol. The standard InChI is InChI=1S/C17H24ClN3O/c1-20(11-13-5-6-13)17(22)12-21-8-7-19-10-16(21)14-3-2-4-15(18)9-14/h2-4,9,13,16,19H,5-8,10-12H2,1H3. The van der Waals surface area contributed by atoms with Crippen LogP contribution in [0.3, 0.4) is 0 Å². The van der Waals surface area contributed by atoms with Gasteiger partial charge in [-0.05, 0) is 36.5 Å². The molecule has 3 rings (SSSR count). The van der Waals surface area contributed by atoms with Crippen molar-refractivity contribution in [3.05, 3.63) is 34.9 Å². The van der Waals surface area contributed by atoms with Gasteiger partial charge >= 0.3 is 0 Å². The maximum atomic E-state index is 12.5. The van der Waals surface area contributed by atoms with Crippen molar-refractivity contribution in [2.24, 2.45) is 5.92 Å². The number of rotatable bonds is 5. The Labute approximate surface area is 137 Å². The van der Waals surface area contributed by atoms with Crippen molar-refractivity contribution in [3.8, 4) is 0 Å². The molecule has 1 aromatic rings. The lowest BCUT2D eigenvalue weighted by atomic mass is 10.0. The molecule has 0 bridgehead atoms. The van der Waals surface area contributed by atoms with Gasteiger partial charge in [0.25, 0.3) is 0 Å². The van der Waals surface area contributed by atoms with Crippen LogP contribution in [0.25, 0.3) is 0 Å². The summed E-state index contributed by atoms with van der Waals surface area (Å²) in [4.78, 5) is 16.6. The maximum absolute atomic E-state index is 12.5. The van der Waals surface area contributed by atoms with Crippen molar-refractivity contribution in [2.75, 3.05) is 39.8 Å². The van der Waals surface area contributed by atoms with Gasteiger partial charge in [-0.2, -0.15) is 0 Å². The lowest BCUT2D eigenvalue weighted by Gasteiger charge is -2.37. The molecular weight excluding hydrogens is 298 g/mol. The molecule has 1 atom stereocenters. The Hall–Kier alpha value is -1.10. The normalized spacial score (nSPS) is 22.5. The smallest absolute Gasteiger partial charge is 0.236 e. The number of halogens is 1. The highest BCUT2D eigenvalue weighted by Crippen LogP contribution is 2.29. The van der Waals surface area contributed by atoms with Gasteiger partial charge in [-0.1, -0.05) is 23.7 Å². The number of piperazine rings is 1. The van der Waals surface area contributed by atoms with Gasteiger partial charge in [-0.25, -0.2) is 0 Å². The zero-order chi connectivity index (χ0) is 15.5. The summed E-state index contributed by atoms with van der Waals surface area (Å²) in [5.74, 6) is 0.960. The van der Waals surface area contributed by atoms with Crippen LogP contribution < -0.4 is 5.32 Å². The summed E-state index contributed by atoms with van der Waals surface area (Å²) in [6.45, 7) is 4.08. The molecule has 1 unspecified atom stereocenters. The Morgan fingerprint density at radius 3 is 3.00 bits per heavy atom. The minimum atomic E-state index is 0.214. The molecule has 0 aromatic heterocycles. The fraction of sp³-hybridized carbons (Fsp3) is 0.588. The van der Waals surface area contributed by atoms with Crippen molar-refractivity contribution in [3.63, 3.8) is 0 Å². The molecule has 2 aliphatic rings. The predicted octanol–water partition coefficient (Wildman–Crippen LogP) is 2.15. The van der Waals surface area contributed by atoms with E-state index < -0.39 is 0 Å². The number of nitrogens with one attached hydrogen (secondary N) is 1. The van der Waals surface area contributed by atoms with Gasteiger partial charge in [-0.15, -0.1) is 0 Å². The molecule has 2 fully saturated rings. The van der Waals surface area contributed by atoms with Crippen molar-refractivity contribution in [1.29, 1.82) is 0 Å². The molecule has 1 amide bonds. The Morgan fingerprint density at radius 1 is 1.45 bits per heavy atom. The van der Waals surface area contributed by atoms with Gasteiger partial charge in [0.1, 0.15) is 0 Å². The van der Waals surface area contributed by atoms with Crippen molar-refractivity contribution >= 4 is 17.5 Å². The number of amides is 1. The molecule has 22 heavy (non-hydrogen) atoms. The molecule has 1 N–H and O–H groups in total. The summed E-state index contributed by atoms with van der Waals surface area (Å²) in [5.41, 5.74) is 1.18. The van der Waals surface area contributed by atoms with E-state index in [1.54, 1.807) is 0 Å². The lowest BCUT2D eigenvalue weighted by molar-refractivity contribution is -0.132. The quantitative estimate of drug-likeness (QED) is 0.902. The van der Waals surface area contributed by atoms with Gasteiger partial charge in [-0.3, -0.25) is 9.69 Å². The van der Waals surface area contributed by atoms with E-state index in [9.17, 15) is 4.79 Å². The molecule has 1 aliphatic carbocycles. The summed E-state index contributed by atoms with van der Waals surface area (Å²) in [6.07, 6.45) is 2.55. The minimum absolute atomic E-state index is 0.214. The van der Waals surface area contributed by atoms with Gasteiger partial charge in [0, 0.05) is 44.3 Å². The van der Waals surface area contributed by atoms with Crippen LogP contribution in [0.5, 0.6) is 0 Å². The molecule has 120 valence electrons. The first-order chi connectivity index (χ1) is 10.6. The Bertz CT molecular complexity index is 532. The third-order valence-corrected chi connectivity index (χ3v) is 4.82. The van der Waals surface area contributed by atoms with Crippen molar-refractivity contribution in [1.82, 2.24) is 15.1 Å². The van der Waals surface area contributed by atoms with Crippen LogP contribution in [0.1, 0.15) is 24.4 Å². The summed E-state index contributed by atoms with van der Waals surface area (Å²) in [5, 5.41) is 4.17. The average Bonchev–Trinajstić information content (AvgIpc) is 3.31. The molecule has 1 aliphatic heterocycles. The lowest BCUT2D eigenvalue weighted by Crippen LogP contribution is -2.49. The van der Waals surface area contributed by atoms with E-state index in [2.05, 4.69) is 16.3 Å². The van der Waals surface area contributed by atoms with Gasteiger partial charge in [0.2, 0.25) is 5.91 Å². The monoisotopic (exact) mass is 321 g/mol. The minimum Gasteiger partial charge on any atom is -0.344 e. The molecule has 1 saturated carbocycles. The molecule has 1 heterocycles.